The van der Waals surface area contributed by atoms with Gasteiger partial charge in [0, 0.05) is 67.8 Å². The van der Waals surface area contributed by atoms with Crippen molar-refractivity contribution < 1.29 is 9.47 Å². The van der Waals surface area contributed by atoms with E-state index >= 15 is 0 Å². The highest BCUT2D eigenvalue weighted by molar-refractivity contribution is 7.00. The fourth-order valence-corrected chi connectivity index (χ4v) is 21.3. The first-order valence-electron chi connectivity index (χ1n) is 40.6. The number of fused-ring (bicyclic) bond motifs is 24. The molecule has 2 aromatic heterocycles. The number of hydrogen-bond donors (Lipinski definition) is 0. The van der Waals surface area contributed by atoms with Gasteiger partial charge in [-0.25, -0.2) is 0 Å². The summed E-state index contributed by atoms with van der Waals surface area (Å²) >= 11 is 0. The molecular formula is C109H66B2N4O2. The van der Waals surface area contributed by atoms with Crippen LogP contribution in [-0.4, -0.2) is 22.6 Å². The lowest BCUT2D eigenvalue weighted by Crippen LogP contribution is -2.59. The molecule has 2 aliphatic carbocycles. The lowest BCUT2D eigenvalue weighted by atomic mass is 9.33. The summed E-state index contributed by atoms with van der Waals surface area (Å²) in [5.41, 5.74) is 38.2. The molecule has 6 aliphatic rings. The third-order valence-electron chi connectivity index (χ3n) is 26.2. The van der Waals surface area contributed by atoms with Gasteiger partial charge in [0.2, 0.25) is 0 Å². The lowest BCUT2D eigenvalue weighted by Gasteiger charge is -2.41. The van der Waals surface area contributed by atoms with E-state index in [-0.39, 0.29) is 13.4 Å². The van der Waals surface area contributed by atoms with Crippen molar-refractivity contribution in [2.45, 2.75) is 5.41 Å². The first-order chi connectivity index (χ1) is 58.0. The van der Waals surface area contributed by atoms with Crippen molar-refractivity contribution in [2.75, 3.05) is 9.80 Å². The summed E-state index contributed by atoms with van der Waals surface area (Å²) in [7, 11) is 0. The molecule has 0 fully saturated rings. The van der Waals surface area contributed by atoms with Gasteiger partial charge < -0.3 is 28.4 Å². The number of nitrogens with zero attached hydrogens (tertiary/aromatic N) is 4. The Balaban J connectivity index is 0.709. The number of anilines is 6. The zero-order valence-electron chi connectivity index (χ0n) is 63.4. The summed E-state index contributed by atoms with van der Waals surface area (Å²) in [6.07, 6.45) is 0. The molecule has 1 spiro atoms. The van der Waals surface area contributed by atoms with E-state index in [2.05, 4.69) is 419 Å². The van der Waals surface area contributed by atoms with E-state index in [0.29, 0.717) is 0 Å². The minimum absolute atomic E-state index is 0.246. The molecule has 26 rings (SSSR count). The van der Waals surface area contributed by atoms with E-state index in [1.165, 1.54) is 88.1 Å². The Morgan fingerprint density at radius 2 is 0.521 bits per heavy atom. The minimum atomic E-state index is -0.817. The van der Waals surface area contributed by atoms with Crippen LogP contribution in [0.5, 0.6) is 23.0 Å². The molecule has 8 heteroatoms. The number of benzene rings is 18. The van der Waals surface area contributed by atoms with E-state index < -0.39 is 5.41 Å². The predicted molar refractivity (Wildman–Crippen MR) is 485 cm³/mol. The van der Waals surface area contributed by atoms with Crippen LogP contribution in [0.4, 0.5) is 34.1 Å². The van der Waals surface area contributed by atoms with Crippen molar-refractivity contribution in [3.05, 3.63) is 423 Å². The molecular weight excluding hydrogens is 1420 g/mol. The van der Waals surface area contributed by atoms with Gasteiger partial charge in [-0.2, -0.15) is 0 Å². The molecule has 0 atom stereocenters. The Labute approximate surface area is 677 Å². The normalized spacial score (nSPS) is 13.6. The van der Waals surface area contributed by atoms with Gasteiger partial charge in [-0.1, -0.05) is 303 Å². The maximum absolute atomic E-state index is 8.02. The van der Waals surface area contributed by atoms with Gasteiger partial charge in [-0.15, -0.1) is 0 Å². The van der Waals surface area contributed by atoms with Gasteiger partial charge in [-0.05, 0) is 207 Å². The highest BCUT2D eigenvalue weighted by atomic mass is 16.5. The Kier molecular flexibility index (Phi) is 13.5. The number of hydrogen-bond acceptors (Lipinski definition) is 4. The zero-order chi connectivity index (χ0) is 76.3. The molecule has 18 aromatic carbocycles. The highest BCUT2D eigenvalue weighted by Gasteiger charge is 2.55. The second-order valence-corrected chi connectivity index (χ2v) is 32.1. The third-order valence-corrected chi connectivity index (χ3v) is 26.2. The van der Waals surface area contributed by atoms with E-state index in [4.69, 9.17) is 9.47 Å². The van der Waals surface area contributed by atoms with E-state index in [0.717, 1.165) is 146 Å². The summed E-state index contributed by atoms with van der Waals surface area (Å²) in [5.74, 6) is 3.33. The first kappa shape index (κ1) is 64.4. The molecule has 0 unspecified atom stereocenters. The monoisotopic (exact) mass is 1480 g/mol. The second-order valence-electron chi connectivity index (χ2n) is 32.1. The van der Waals surface area contributed by atoms with E-state index in [1.807, 2.05) is 0 Å². The smallest absolute Gasteiger partial charge is 0.256 e. The molecule has 0 saturated heterocycles. The molecule has 0 saturated carbocycles. The van der Waals surface area contributed by atoms with Crippen molar-refractivity contribution in [1.29, 1.82) is 0 Å². The topological polar surface area (TPSA) is 34.8 Å². The van der Waals surface area contributed by atoms with Gasteiger partial charge >= 0.3 is 0 Å². The summed E-state index contributed by atoms with van der Waals surface area (Å²) in [5, 5.41) is 4.80. The van der Waals surface area contributed by atoms with Crippen LogP contribution in [0.1, 0.15) is 22.3 Å². The van der Waals surface area contributed by atoms with Gasteiger partial charge in [0.15, 0.2) is 0 Å². The SMILES string of the molecule is c1ccc(-c2ccc(N3c4ccc(-c5ccccc5)cc4B4c5cc6c(cc5Oc5cc(-n7c8ccccc8c8ccccc87)cc3c54)C3(c4ccccc4-6)c4ccccc4-c4cc5c(cc43)Oc3cc(-n4c6ccccc6c6ccccc64)cc4c3B5c3cc(-c5ccccc5)ccc3N4c3ccc(-c4ccccc4)cc3)cc2)cc1. The number of ether oxygens (including phenoxy) is 2. The summed E-state index contributed by atoms with van der Waals surface area (Å²) < 4.78 is 20.9. The standard InChI is InChI=1S/C109H66B2N4O2/c1-5-25-67(26-6-1)71-45-51-75(52-46-71)112-99-55-49-73(69-29-9-3-10-30-69)57-91(99)110-93-63-85-79-33-13-19-39-87(79)109(89(85)65-103(93)116-105-61-77(59-101(112)107(105)110)114-95-41-21-15-35-81(95)82-36-16-22-42-96(82)114)88-40-20-14-34-80(88)86-64-94-104(66-90(86)109)117-106-62-78(115-97-43-23-17-37-83(97)84-38-18-24-44-98(84)115)60-102-108(106)111(94)92-58-74(70-31-11-4-12-32-70)50-56-100(92)113(102)76-53-47-72(48-54-76)68-27-7-2-8-28-68/h1-66H. The van der Waals surface area contributed by atoms with Crippen molar-refractivity contribution >= 4 is 124 Å². The molecule has 6 nitrogen and oxygen atoms in total. The minimum Gasteiger partial charge on any atom is -0.458 e. The fraction of sp³-hybridized carbons (Fsp3) is 0.00917. The average molecular weight is 1490 g/mol. The molecule has 0 radical (unpaired) electrons. The molecule has 540 valence electrons. The van der Waals surface area contributed by atoms with Crippen LogP contribution in [0.15, 0.2) is 400 Å². The predicted octanol–water partition coefficient (Wildman–Crippen LogP) is 23.7. The second kappa shape index (κ2) is 24.5. The maximum Gasteiger partial charge on any atom is 0.256 e. The van der Waals surface area contributed by atoms with Crippen LogP contribution in [0.25, 0.3) is 122 Å². The molecule has 20 aromatic rings. The van der Waals surface area contributed by atoms with Crippen LogP contribution >= 0.6 is 0 Å². The molecule has 0 amide bonds. The van der Waals surface area contributed by atoms with Crippen molar-refractivity contribution in [1.82, 2.24) is 9.13 Å². The average Bonchev–Trinajstić information content (AvgIpc) is 1.50. The van der Waals surface area contributed by atoms with Crippen LogP contribution in [-0.2, 0) is 5.41 Å². The van der Waals surface area contributed by atoms with Crippen LogP contribution < -0.4 is 52.1 Å². The Hall–Kier alpha value is -15.1. The van der Waals surface area contributed by atoms with Gasteiger partial charge in [0.05, 0.1) is 38.9 Å². The summed E-state index contributed by atoms with van der Waals surface area (Å²) in [6, 6.07) is 149. The first-order valence-corrected chi connectivity index (χ1v) is 40.6. The molecule has 0 N–H and O–H groups in total. The highest BCUT2D eigenvalue weighted by Crippen LogP contribution is 2.64. The van der Waals surface area contributed by atoms with Crippen molar-refractivity contribution in [2.24, 2.45) is 0 Å². The number of para-hydroxylation sites is 4. The lowest BCUT2D eigenvalue weighted by molar-refractivity contribution is 0.485. The van der Waals surface area contributed by atoms with Crippen molar-refractivity contribution in [3.8, 4) is 101 Å². The zero-order valence-corrected chi connectivity index (χ0v) is 63.4. The van der Waals surface area contributed by atoms with Crippen LogP contribution in [0, 0.1) is 0 Å². The Morgan fingerprint density at radius 1 is 0.205 bits per heavy atom. The van der Waals surface area contributed by atoms with E-state index in [9.17, 15) is 0 Å². The number of rotatable bonds is 8. The van der Waals surface area contributed by atoms with Gasteiger partial charge in [0.1, 0.15) is 23.0 Å². The summed E-state index contributed by atoms with van der Waals surface area (Å²) in [6.45, 7) is -0.491. The van der Waals surface area contributed by atoms with Gasteiger partial charge in [0.25, 0.3) is 13.4 Å². The Morgan fingerprint density at radius 3 is 0.897 bits per heavy atom. The quantitative estimate of drug-likeness (QED) is 0.142. The molecule has 4 aliphatic heterocycles. The molecule has 117 heavy (non-hydrogen) atoms. The summed E-state index contributed by atoms with van der Waals surface area (Å²) in [4.78, 5) is 5.01. The molecule has 6 heterocycles. The molecule has 0 bridgehead atoms. The van der Waals surface area contributed by atoms with Crippen molar-refractivity contribution in [3.63, 3.8) is 0 Å². The fourth-order valence-electron chi connectivity index (χ4n) is 21.3. The van der Waals surface area contributed by atoms with Crippen LogP contribution in [0.2, 0.25) is 0 Å². The maximum atomic E-state index is 8.02. The third kappa shape index (κ3) is 9.12. The van der Waals surface area contributed by atoms with E-state index in [1.54, 1.807) is 0 Å². The van der Waals surface area contributed by atoms with Crippen LogP contribution in [0.3, 0.4) is 0 Å². The Bertz CT molecular complexity index is 7090. The van der Waals surface area contributed by atoms with Gasteiger partial charge in [-0.3, -0.25) is 0 Å². The number of aromatic nitrogens is 2. The largest absolute Gasteiger partial charge is 0.458 e.